The molecule has 6 rings (SSSR count). The first kappa shape index (κ1) is 38.2. The molecule has 5 aromatic rings. The molecule has 1 aliphatic carbocycles. The predicted molar refractivity (Wildman–Crippen MR) is 198 cm³/mol. The van der Waals surface area contributed by atoms with Crippen LogP contribution in [0.5, 0.6) is 0 Å². The number of aliphatic hydroxyl groups excluding tert-OH is 1. The molecule has 0 amide bonds. The number of allylic oxidation sites excluding steroid dienone is 2. The molecule has 0 saturated carbocycles. The summed E-state index contributed by atoms with van der Waals surface area (Å²) in [5, 5.41) is 12.4. The Morgan fingerprint density at radius 3 is 2.27 bits per heavy atom. The molecule has 3 aromatic carbocycles. The Kier molecular flexibility index (Phi) is 11.5. The van der Waals surface area contributed by atoms with Crippen molar-refractivity contribution in [1.82, 2.24) is 9.97 Å². The summed E-state index contributed by atoms with van der Waals surface area (Å²) < 4.78 is 6.39. The molecular formula is C43H51IrN2O3-. The summed E-state index contributed by atoms with van der Waals surface area (Å²) in [6, 6.07) is 22.3. The van der Waals surface area contributed by atoms with Gasteiger partial charge in [0.1, 0.15) is 11.3 Å². The fourth-order valence-corrected chi connectivity index (χ4v) is 6.62. The van der Waals surface area contributed by atoms with Gasteiger partial charge in [0.15, 0.2) is 5.78 Å². The van der Waals surface area contributed by atoms with Gasteiger partial charge >= 0.3 is 0 Å². The maximum atomic E-state index is 12.2. The first-order valence-electron chi connectivity index (χ1n) is 17.5. The van der Waals surface area contributed by atoms with Crippen molar-refractivity contribution in [2.45, 2.75) is 106 Å². The number of rotatable bonds is 9. The summed E-state index contributed by atoms with van der Waals surface area (Å²) in [5.74, 6) is 2.37. The van der Waals surface area contributed by atoms with Gasteiger partial charge in [-0.2, -0.15) is 0 Å². The van der Waals surface area contributed by atoms with Gasteiger partial charge in [-0.15, -0.1) is 23.8 Å². The van der Waals surface area contributed by atoms with Crippen LogP contribution < -0.4 is 0 Å². The zero-order valence-electron chi connectivity index (χ0n) is 30.7. The summed E-state index contributed by atoms with van der Waals surface area (Å²) >= 11 is 0. The third kappa shape index (κ3) is 6.92. The number of carbonyl (C=O) groups is 1. The van der Waals surface area contributed by atoms with Gasteiger partial charge in [0.2, 0.25) is 0 Å². The van der Waals surface area contributed by atoms with Crippen LogP contribution >= 0.6 is 0 Å². The van der Waals surface area contributed by atoms with E-state index < -0.39 is 0 Å². The van der Waals surface area contributed by atoms with Gasteiger partial charge in [-0.25, -0.2) is 0 Å². The Morgan fingerprint density at radius 1 is 0.980 bits per heavy atom. The van der Waals surface area contributed by atoms with Gasteiger partial charge in [-0.3, -0.25) is 14.8 Å². The third-order valence-electron chi connectivity index (χ3n) is 11.2. The largest absolute Gasteiger partial charge is 0.512 e. The van der Waals surface area contributed by atoms with Crippen molar-refractivity contribution in [2.75, 3.05) is 0 Å². The van der Waals surface area contributed by atoms with E-state index in [1.54, 1.807) is 0 Å². The number of furan rings is 1. The van der Waals surface area contributed by atoms with Crippen LogP contribution in [-0.4, -0.2) is 20.9 Å². The van der Waals surface area contributed by atoms with Crippen molar-refractivity contribution in [1.29, 1.82) is 0 Å². The summed E-state index contributed by atoms with van der Waals surface area (Å²) in [6.07, 6.45) is 6.68. The molecule has 1 aliphatic rings. The Morgan fingerprint density at radius 2 is 1.63 bits per heavy atom. The summed E-state index contributed by atoms with van der Waals surface area (Å²) in [6.45, 7) is 21.0. The van der Waals surface area contributed by atoms with Crippen molar-refractivity contribution in [2.24, 2.45) is 10.8 Å². The van der Waals surface area contributed by atoms with Crippen molar-refractivity contribution < 1.29 is 34.4 Å². The molecule has 0 atom stereocenters. The molecule has 0 unspecified atom stereocenters. The molecule has 0 bridgehead atoms. The van der Waals surface area contributed by atoms with Crippen LogP contribution in [-0.2, 0) is 30.3 Å². The zero-order valence-corrected chi connectivity index (χ0v) is 33.1. The number of carbonyl (C=O) groups excluding carboxylic acids is 1. The molecule has 6 heteroatoms. The fourth-order valence-electron chi connectivity index (χ4n) is 6.62. The van der Waals surface area contributed by atoms with Crippen molar-refractivity contribution >= 4 is 27.7 Å². The summed E-state index contributed by atoms with van der Waals surface area (Å²) in [5.41, 5.74) is 6.84. The molecule has 261 valence electrons. The average Bonchev–Trinajstić information content (AvgIpc) is 3.60. The normalized spacial score (nSPS) is 13.9. The van der Waals surface area contributed by atoms with Gasteiger partial charge in [0.25, 0.3) is 0 Å². The minimum atomic E-state index is -0.337. The van der Waals surface area contributed by atoms with Gasteiger partial charge in [-0.1, -0.05) is 105 Å². The van der Waals surface area contributed by atoms with Gasteiger partial charge in [0.05, 0.1) is 17.1 Å². The molecule has 1 radical (unpaired) electrons. The Bertz CT molecular complexity index is 1990. The van der Waals surface area contributed by atoms with Crippen LogP contribution in [0.1, 0.15) is 118 Å². The SMILES string of the molecule is CC(C)c1ccc2nc(-c3[c-]ccc4c3-c3oc5ccccc5c3C4(C)C)ncc2c1.CCC(C)(CC)C(=O)/C=C(\O)C(C)(CC)CC.[Ir]. The first-order valence-corrected chi connectivity index (χ1v) is 17.5. The molecule has 0 saturated heterocycles. The summed E-state index contributed by atoms with van der Waals surface area (Å²) in [4.78, 5) is 21.8. The van der Waals surface area contributed by atoms with Crippen LogP contribution in [0, 0.1) is 16.9 Å². The number of hydrogen-bond acceptors (Lipinski definition) is 5. The Hall–Kier alpha value is -3.60. The van der Waals surface area contributed by atoms with Crippen molar-refractivity contribution in [3.63, 3.8) is 0 Å². The molecular weight excluding hydrogens is 785 g/mol. The third-order valence-corrected chi connectivity index (χ3v) is 11.2. The minimum absolute atomic E-state index is 0. The monoisotopic (exact) mass is 836 g/mol. The minimum Gasteiger partial charge on any atom is -0.512 e. The number of nitrogens with zero attached hydrogens (tertiary/aromatic N) is 2. The Labute approximate surface area is 306 Å². The van der Waals surface area contributed by atoms with E-state index >= 15 is 0 Å². The van der Waals surface area contributed by atoms with Crippen LogP contribution in [0.25, 0.3) is 44.6 Å². The maximum absolute atomic E-state index is 12.2. The van der Waals surface area contributed by atoms with Crippen molar-refractivity contribution in [3.05, 3.63) is 95.4 Å². The molecule has 49 heavy (non-hydrogen) atoms. The van der Waals surface area contributed by atoms with Gasteiger partial charge < -0.3 is 9.52 Å². The van der Waals surface area contributed by atoms with E-state index in [0.29, 0.717) is 11.7 Å². The Balaban J connectivity index is 0.000000260. The molecule has 2 aromatic heterocycles. The number of hydrogen-bond donors (Lipinski definition) is 1. The van der Waals surface area contributed by atoms with E-state index in [2.05, 4.69) is 70.2 Å². The van der Waals surface area contributed by atoms with Crippen molar-refractivity contribution in [3.8, 4) is 22.7 Å². The predicted octanol–water partition coefficient (Wildman–Crippen LogP) is 11.9. The molecule has 5 nitrogen and oxygen atoms in total. The standard InChI is InChI=1S/C28H23N2O.C15H28O2.Ir/c1-16(2)17-12-13-22-18(14-17)15-29-27(30-22)20-9-7-10-21-24(20)26-25(28(21,3)4)19-8-5-6-11-23(19)31-26;1-7-14(5,8-2)12(16)11-13(17)15(6,9-3)10-4;/h5-8,10-16H,1-4H3;11,16H,7-10H2,1-6H3;/q-1;;/b;12-11-;. The van der Waals surface area contributed by atoms with E-state index in [1.807, 2.05) is 65.9 Å². The second kappa shape index (κ2) is 14.7. The number of benzene rings is 3. The first-order chi connectivity index (χ1) is 22.7. The summed E-state index contributed by atoms with van der Waals surface area (Å²) in [7, 11) is 0. The number of para-hydroxylation sites is 1. The van der Waals surface area contributed by atoms with Crippen LogP contribution in [0.3, 0.4) is 0 Å². The second-order valence-electron chi connectivity index (χ2n) is 14.7. The second-order valence-corrected chi connectivity index (χ2v) is 14.7. The number of aromatic nitrogens is 2. The van der Waals surface area contributed by atoms with Gasteiger partial charge in [0, 0.05) is 65.0 Å². The topological polar surface area (TPSA) is 76.2 Å². The fraction of sp³-hybridized carbons (Fsp3) is 0.419. The maximum Gasteiger partial charge on any atom is 0.164 e. The van der Waals surface area contributed by atoms with Gasteiger partial charge in [-0.05, 0) is 55.4 Å². The molecule has 2 heterocycles. The molecule has 0 aliphatic heterocycles. The van der Waals surface area contributed by atoms with E-state index in [0.717, 1.165) is 59.1 Å². The van der Waals surface area contributed by atoms with Crippen LogP contribution in [0.2, 0.25) is 0 Å². The smallest absolute Gasteiger partial charge is 0.164 e. The number of ketones is 1. The van der Waals surface area contributed by atoms with E-state index in [-0.39, 0.29) is 47.9 Å². The molecule has 1 N–H and O–H groups in total. The van der Waals surface area contributed by atoms with E-state index in [9.17, 15) is 9.90 Å². The average molecular weight is 836 g/mol. The molecule has 0 spiro atoms. The van der Waals surface area contributed by atoms with E-state index in [4.69, 9.17) is 14.4 Å². The van der Waals surface area contributed by atoms with E-state index in [1.165, 1.54) is 28.2 Å². The number of fused-ring (bicyclic) bond motifs is 6. The van der Waals surface area contributed by atoms with Crippen LogP contribution in [0.4, 0.5) is 0 Å². The zero-order chi connectivity index (χ0) is 35.0. The number of aliphatic hydroxyl groups is 1. The van der Waals surface area contributed by atoms with Crippen LogP contribution in [0.15, 0.2) is 77.0 Å². The molecule has 0 fully saturated rings. The quantitative estimate of drug-likeness (QED) is 0.0909.